The maximum absolute atomic E-state index is 12.6. The van der Waals surface area contributed by atoms with Gasteiger partial charge in [-0.25, -0.2) is 0 Å². The van der Waals surface area contributed by atoms with Gasteiger partial charge in [-0.2, -0.15) is 4.68 Å². The molecule has 2 heterocycles. The Labute approximate surface area is 177 Å². The topological polar surface area (TPSA) is 100 Å². The summed E-state index contributed by atoms with van der Waals surface area (Å²) in [6.45, 7) is 4.87. The number of tetrazole rings is 1. The zero-order chi connectivity index (χ0) is 20.9. The summed E-state index contributed by atoms with van der Waals surface area (Å²) in [4.78, 5) is 12.6. The summed E-state index contributed by atoms with van der Waals surface area (Å²) >= 11 is 1.28. The summed E-state index contributed by atoms with van der Waals surface area (Å²) in [5, 5.41) is 14.9. The minimum Gasteiger partial charge on any atom is -0.492 e. The Morgan fingerprint density at radius 3 is 2.97 bits per heavy atom. The highest BCUT2D eigenvalue weighted by Gasteiger charge is 2.21. The van der Waals surface area contributed by atoms with Gasteiger partial charge in [-0.15, -0.1) is 5.10 Å². The summed E-state index contributed by atoms with van der Waals surface area (Å²) in [5.41, 5.74) is 1.65. The quantitative estimate of drug-likeness (QED) is 0.548. The second kappa shape index (κ2) is 9.04. The number of amides is 1. The van der Waals surface area contributed by atoms with Crippen molar-refractivity contribution < 1.29 is 19.0 Å². The first-order valence-corrected chi connectivity index (χ1v) is 10.4. The standard InChI is InChI=1S/C20H21N5O4S/c1-3-27-16-7-5-4-6-15(16)25-20(22-23-24-25)30-13(2)19(26)21-11-14-8-9-17-18(10-14)29-12-28-17/h4-10,13H,3,11-12H2,1-2H3,(H,21,26). The smallest absolute Gasteiger partial charge is 0.233 e. The predicted octanol–water partition coefficient (Wildman–Crippen LogP) is 2.59. The molecule has 1 aliphatic heterocycles. The summed E-state index contributed by atoms with van der Waals surface area (Å²) < 4.78 is 17.9. The highest BCUT2D eigenvalue weighted by Crippen LogP contribution is 2.32. The molecule has 1 aromatic heterocycles. The molecule has 156 valence electrons. The van der Waals surface area contributed by atoms with Crippen LogP contribution in [-0.2, 0) is 11.3 Å². The maximum atomic E-state index is 12.6. The summed E-state index contributed by atoms with van der Waals surface area (Å²) in [5.74, 6) is 1.96. The van der Waals surface area contributed by atoms with E-state index in [9.17, 15) is 4.79 Å². The molecule has 2 aromatic carbocycles. The van der Waals surface area contributed by atoms with Crippen LogP contribution in [0.15, 0.2) is 47.6 Å². The Bertz CT molecular complexity index is 1040. The number of fused-ring (bicyclic) bond motifs is 1. The fourth-order valence-corrected chi connectivity index (χ4v) is 3.73. The normalized spacial score (nSPS) is 13.1. The van der Waals surface area contributed by atoms with E-state index in [1.165, 1.54) is 11.8 Å². The zero-order valence-electron chi connectivity index (χ0n) is 16.6. The summed E-state index contributed by atoms with van der Waals surface area (Å²) in [7, 11) is 0. The molecule has 10 heteroatoms. The number of aromatic nitrogens is 4. The van der Waals surface area contributed by atoms with Gasteiger partial charge in [0.15, 0.2) is 11.5 Å². The second-order valence-electron chi connectivity index (χ2n) is 6.44. The molecule has 0 aliphatic carbocycles. The first-order valence-electron chi connectivity index (χ1n) is 9.49. The first kappa shape index (κ1) is 20.0. The Hall–Kier alpha value is -3.27. The molecule has 9 nitrogen and oxygen atoms in total. The van der Waals surface area contributed by atoms with E-state index in [1.54, 1.807) is 4.68 Å². The number of benzene rings is 2. The lowest BCUT2D eigenvalue weighted by Crippen LogP contribution is -2.30. The van der Waals surface area contributed by atoms with Crippen molar-refractivity contribution in [3.05, 3.63) is 48.0 Å². The fraction of sp³-hybridized carbons (Fsp3) is 0.300. The Morgan fingerprint density at radius 2 is 2.10 bits per heavy atom. The van der Waals surface area contributed by atoms with Gasteiger partial charge in [-0.05, 0) is 54.1 Å². The van der Waals surface area contributed by atoms with Crippen LogP contribution in [-0.4, -0.2) is 44.8 Å². The molecule has 0 radical (unpaired) electrons. The van der Waals surface area contributed by atoms with Gasteiger partial charge < -0.3 is 19.5 Å². The Morgan fingerprint density at radius 1 is 1.27 bits per heavy atom. The number of thioether (sulfide) groups is 1. The molecule has 4 rings (SSSR count). The van der Waals surface area contributed by atoms with Gasteiger partial charge >= 0.3 is 0 Å². The monoisotopic (exact) mass is 427 g/mol. The Kier molecular flexibility index (Phi) is 6.03. The SMILES string of the molecule is CCOc1ccccc1-n1nnnc1SC(C)C(=O)NCc1ccc2c(c1)OCO2. The van der Waals surface area contributed by atoms with Crippen molar-refractivity contribution in [2.45, 2.75) is 30.8 Å². The molecule has 0 saturated heterocycles. The van der Waals surface area contributed by atoms with E-state index in [1.807, 2.05) is 56.3 Å². The van der Waals surface area contributed by atoms with Gasteiger partial charge in [0.1, 0.15) is 11.4 Å². The molecule has 30 heavy (non-hydrogen) atoms. The van der Waals surface area contributed by atoms with Crippen LogP contribution < -0.4 is 19.5 Å². The van der Waals surface area contributed by atoms with Crippen LogP contribution in [0.4, 0.5) is 0 Å². The molecular formula is C20H21N5O4S. The van der Waals surface area contributed by atoms with Crippen molar-refractivity contribution in [1.29, 1.82) is 0 Å². The third kappa shape index (κ3) is 4.33. The number of carbonyl (C=O) groups is 1. The largest absolute Gasteiger partial charge is 0.492 e. The van der Waals surface area contributed by atoms with E-state index < -0.39 is 5.25 Å². The molecule has 1 amide bonds. The molecule has 1 atom stereocenters. The molecular weight excluding hydrogens is 406 g/mol. The van der Waals surface area contributed by atoms with Gasteiger partial charge in [0, 0.05) is 6.54 Å². The van der Waals surface area contributed by atoms with E-state index >= 15 is 0 Å². The highest BCUT2D eigenvalue weighted by atomic mass is 32.2. The van der Waals surface area contributed by atoms with Crippen molar-refractivity contribution in [1.82, 2.24) is 25.5 Å². The van der Waals surface area contributed by atoms with Crippen LogP contribution in [0.2, 0.25) is 0 Å². The van der Waals surface area contributed by atoms with Crippen molar-refractivity contribution in [3.8, 4) is 22.9 Å². The van der Waals surface area contributed by atoms with E-state index in [-0.39, 0.29) is 12.7 Å². The lowest BCUT2D eigenvalue weighted by Gasteiger charge is -2.13. The van der Waals surface area contributed by atoms with Crippen LogP contribution in [0.1, 0.15) is 19.4 Å². The van der Waals surface area contributed by atoms with E-state index in [4.69, 9.17) is 14.2 Å². The van der Waals surface area contributed by atoms with Crippen LogP contribution in [0.3, 0.4) is 0 Å². The molecule has 0 saturated carbocycles. The number of carbonyl (C=O) groups excluding carboxylic acids is 1. The van der Waals surface area contributed by atoms with Gasteiger partial charge in [0.25, 0.3) is 0 Å². The van der Waals surface area contributed by atoms with Crippen LogP contribution >= 0.6 is 11.8 Å². The predicted molar refractivity (Wildman–Crippen MR) is 110 cm³/mol. The van der Waals surface area contributed by atoms with Crippen LogP contribution in [0.5, 0.6) is 17.2 Å². The summed E-state index contributed by atoms with van der Waals surface area (Å²) in [6, 6.07) is 13.1. The summed E-state index contributed by atoms with van der Waals surface area (Å²) in [6.07, 6.45) is 0. The minimum absolute atomic E-state index is 0.120. The van der Waals surface area contributed by atoms with E-state index in [0.29, 0.717) is 35.6 Å². The third-order valence-electron chi connectivity index (χ3n) is 4.39. The minimum atomic E-state index is -0.400. The molecule has 0 bridgehead atoms. The van der Waals surface area contributed by atoms with Crippen molar-refractivity contribution in [2.75, 3.05) is 13.4 Å². The number of nitrogens with one attached hydrogen (secondary N) is 1. The molecule has 3 aromatic rings. The van der Waals surface area contributed by atoms with Crippen LogP contribution in [0.25, 0.3) is 5.69 Å². The van der Waals surface area contributed by atoms with E-state index in [2.05, 4.69) is 20.8 Å². The fourth-order valence-electron chi connectivity index (χ4n) is 2.91. The molecule has 1 N–H and O–H groups in total. The lowest BCUT2D eigenvalue weighted by atomic mass is 10.2. The van der Waals surface area contributed by atoms with Crippen molar-refractivity contribution in [3.63, 3.8) is 0 Å². The van der Waals surface area contributed by atoms with Gasteiger partial charge in [0.2, 0.25) is 17.9 Å². The number of nitrogens with zero attached hydrogens (tertiary/aromatic N) is 4. The molecule has 0 spiro atoms. The molecule has 1 aliphatic rings. The number of para-hydroxylation sites is 2. The third-order valence-corrected chi connectivity index (χ3v) is 5.42. The van der Waals surface area contributed by atoms with Crippen LogP contribution in [0, 0.1) is 0 Å². The molecule has 0 fully saturated rings. The highest BCUT2D eigenvalue weighted by molar-refractivity contribution is 8.00. The van der Waals surface area contributed by atoms with E-state index in [0.717, 1.165) is 11.3 Å². The van der Waals surface area contributed by atoms with Crippen molar-refractivity contribution in [2.24, 2.45) is 0 Å². The second-order valence-corrected chi connectivity index (χ2v) is 7.75. The number of ether oxygens (including phenoxy) is 3. The van der Waals surface area contributed by atoms with Gasteiger partial charge in [-0.3, -0.25) is 4.79 Å². The van der Waals surface area contributed by atoms with Crippen molar-refractivity contribution >= 4 is 17.7 Å². The Balaban J connectivity index is 1.40. The maximum Gasteiger partial charge on any atom is 0.233 e. The van der Waals surface area contributed by atoms with Gasteiger partial charge in [-0.1, -0.05) is 30.0 Å². The number of rotatable bonds is 8. The average Bonchev–Trinajstić information content (AvgIpc) is 3.41. The molecule has 1 unspecified atom stereocenters. The number of hydrogen-bond donors (Lipinski definition) is 1. The zero-order valence-corrected chi connectivity index (χ0v) is 17.4. The number of hydrogen-bond acceptors (Lipinski definition) is 8. The average molecular weight is 427 g/mol. The lowest BCUT2D eigenvalue weighted by molar-refractivity contribution is -0.120. The van der Waals surface area contributed by atoms with Gasteiger partial charge in [0.05, 0.1) is 11.9 Å². The first-order chi connectivity index (χ1) is 14.7.